The molecule has 15 heavy (non-hydrogen) atoms. The van der Waals surface area contributed by atoms with Gasteiger partial charge in [0.25, 0.3) is 0 Å². The number of methoxy groups -OCH3 is 1. The molecule has 3 heteroatoms. The Labute approximate surface area is 93.8 Å². The molecule has 0 radical (unpaired) electrons. The number of carbonyl (C=O) groups is 1. The van der Waals surface area contributed by atoms with Crippen LogP contribution >= 0.6 is 0 Å². The second kappa shape index (κ2) is 8.86. The summed E-state index contributed by atoms with van der Waals surface area (Å²) in [5, 5.41) is 0. The van der Waals surface area contributed by atoms with Crippen molar-refractivity contribution in [2.24, 2.45) is 5.92 Å². The number of nitrogens with zero attached hydrogens (tertiary/aromatic N) is 1. The molecule has 1 unspecified atom stereocenters. The first kappa shape index (κ1) is 14.6. The summed E-state index contributed by atoms with van der Waals surface area (Å²) in [5.41, 5.74) is 0. The Kier molecular flexibility index (Phi) is 8.62. The van der Waals surface area contributed by atoms with Crippen molar-refractivity contribution >= 4 is 5.78 Å². The zero-order chi connectivity index (χ0) is 11.7. The maximum Gasteiger partial charge on any atom is 0.137 e. The predicted octanol–water partition coefficient (Wildman–Crippen LogP) is 1.96. The average Bonchev–Trinajstić information content (AvgIpc) is 2.26. The standard InChI is InChI=1S/C12H25NO2/c1-5-13(6-2)9-7-12(14)11(3)8-10-15-4/h11H,5-10H2,1-4H3. The molecule has 3 nitrogen and oxygen atoms in total. The molecule has 0 bridgehead atoms. The minimum Gasteiger partial charge on any atom is -0.385 e. The summed E-state index contributed by atoms with van der Waals surface area (Å²) in [6.07, 6.45) is 1.51. The van der Waals surface area contributed by atoms with Gasteiger partial charge < -0.3 is 9.64 Å². The topological polar surface area (TPSA) is 29.5 Å². The Morgan fingerprint density at radius 1 is 1.33 bits per heavy atom. The molecule has 1 atom stereocenters. The second-order valence-corrected chi connectivity index (χ2v) is 3.93. The van der Waals surface area contributed by atoms with Gasteiger partial charge in [-0.25, -0.2) is 0 Å². The van der Waals surface area contributed by atoms with Crippen LogP contribution in [0, 0.1) is 5.92 Å². The van der Waals surface area contributed by atoms with Gasteiger partial charge in [-0.05, 0) is 19.5 Å². The molecule has 0 saturated heterocycles. The van der Waals surface area contributed by atoms with Crippen LogP contribution in [-0.4, -0.2) is 44.0 Å². The van der Waals surface area contributed by atoms with Crippen molar-refractivity contribution in [2.75, 3.05) is 33.4 Å². The fourth-order valence-corrected chi connectivity index (χ4v) is 1.51. The van der Waals surface area contributed by atoms with Gasteiger partial charge in [-0.3, -0.25) is 4.79 Å². The molecule has 0 saturated carbocycles. The molecule has 0 spiro atoms. The van der Waals surface area contributed by atoms with E-state index in [9.17, 15) is 4.79 Å². The Hall–Kier alpha value is -0.410. The number of rotatable bonds is 9. The van der Waals surface area contributed by atoms with Gasteiger partial charge in [0.2, 0.25) is 0 Å². The number of ketones is 1. The summed E-state index contributed by atoms with van der Waals surface area (Å²) in [6.45, 7) is 9.86. The van der Waals surface area contributed by atoms with Gasteiger partial charge in [-0.2, -0.15) is 0 Å². The first-order valence-electron chi connectivity index (χ1n) is 5.89. The summed E-state index contributed by atoms with van der Waals surface area (Å²) in [4.78, 5) is 14.0. The number of Topliss-reactive ketones (excluding diaryl/α,β-unsaturated/α-hetero) is 1. The van der Waals surface area contributed by atoms with Gasteiger partial charge in [0.05, 0.1) is 0 Å². The normalized spacial score (nSPS) is 13.1. The maximum absolute atomic E-state index is 11.7. The third-order valence-electron chi connectivity index (χ3n) is 2.87. The van der Waals surface area contributed by atoms with E-state index >= 15 is 0 Å². The van der Waals surface area contributed by atoms with Crippen LogP contribution in [-0.2, 0) is 9.53 Å². The van der Waals surface area contributed by atoms with Crippen molar-refractivity contribution < 1.29 is 9.53 Å². The van der Waals surface area contributed by atoms with Crippen LogP contribution in [0.2, 0.25) is 0 Å². The zero-order valence-corrected chi connectivity index (χ0v) is 10.6. The molecule has 0 aromatic carbocycles. The van der Waals surface area contributed by atoms with E-state index in [0.717, 1.165) is 26.1 Å². The third-order valence-corrected chi connectivity index (χ3v) is 2.87. The van der Waals surface area contributed by atoms with Crippen LogP contribution in [0.25, 0.3) is 0 Å². The highest BCUT2D eigenvalue weighted by Gasteiger charge is 2.13. The van der Waals surface area contributed by atoms with Crippen LogP contribution in [0.4, 0.5) is 0 Å². The lowest BCUT2D eigenvalue weighted by molar-refractivity contribution is -0.123. The lowest BCUT2D eigenvalue weighted by Crippen LogP contribution is -2.27. The van der Waals surface area contributed by atoms with Crippen molar-refractivity contribution in [1.82, 2.24) is 4.90 Å². The Balaban J connectivity index is 3.71. The minimum atomic E-state index is 0.139. The largest absolute Gasteiger partial charge is 0.385 e. The third kappa shape index (κ3) is 6.63. The zero-order valence-electron chi connectivity index (χ0n) is 10.6. The fraction of sp³-hybridized carbons (Fsp3) is 0.917. The van der Waals surface area contributed by atoms with Gasteiger partial charge in [0, 0.05) is 32.6 Å². The quantitative estimate of drug-likeness (QED) is 0.589. The molecule has 0 aliphatic heterocycles. The van der Waals surface area contributed by atoms with Crippen molar-refractivity contribution in [3.8, 4) is 0 Å². The van der Waals surface area contributed by atoms with Gasteiger partial charge in [0.1, 0.15) is 5.78 Å². The molecule has 0 aliphatic rings. The lowest BCUT2D eigenvalue weighted by Gasteiger charge is -2.18. The molecule has 0 aromatic heterocycles. The van der Waals surface area contributed by atoms with Crippen LogP contribution in [0.1, 0.15) is 33.6 Å². The summed E-state index contributed by atoms with van der Waals surface area (Å²) in [7, 11) is 1.67. The SMILES string of the molecule is CCN(CC)CCC(=O)C(C)CCOC. The number of carbonyl (C=O) groups excluding carboxylic acids is 1. The van der Waals surface area contributed by atoms with Crippen LogP contribution < -0.4 is 0 Å². The molecule has 0 aromatic rings. The minimum absolute atomic E-state index is 0.139. The van der Waals surface area contributed by atoms with E-state index in [1.807, 2.05) is 6.92 Å². The summed E-state index contributed by atoms with van der Waals surface area (Å²) >= 11 is 0. The summed E-state index contributed by atoms with van der Waals surface area (Å²) < 4.78 is 4.97. The fourth-order valence-electron chi connectivity index (χ4n) is 1.51. The van der Waals surface area contributed by atoms with Crippen molar-refractivity contribution in [3.63, 3.8) is 0 Å². The van der Waals surface area contributed by atoms with Gasteiger partial charge in [-0.1, -0.05) is 20.8 Å². The Bertz CT molecular complexity index is 167. The molecule has 0 aliphatic carbocycles. The lowest BCUT2D eigenvalue weighted by atomic mass is 10.0. The molecule has 90 valence electrons. The van der Waals surface area contributed by atoms with E-state index < -0.39 is 0 Å². The average molecular weight is 215 g/mol. The van der Waals surface area contributed by atoms with Gasteiger partial charge in [0.15, 0.2) is 0 Å². The summed E-state index contributed by atoms with van der Waals surface area (Å²) in [5.74, 6) is 0.500. The highest BCUT2D eigenvalue weighted by Crippen LogP contribution is 2.07. The number of hydrogen-bond acceptors (Lipinski definition) is 3. The van der Waals surface area contributed by atoms with Gasteiger partial charge >= 0.3 is 0 Å². The maximum atomic E-state index is 11.7. The van der Waals surface area contributed by atoms with Crippen LogP contribution in [0.15, 0.2) is 0 Å². The first-order valence-corrected chi connectivity index (χ1v) is 5.89. The molecular formula is C12H25NO2. The Morgan fingerprint density at radius 2 is 1.93 bits per heavy atom. The molecular weight excluding hydrogens is 190 g/mol. The van der Waals surface area contributed by atoms with Crippen molar-refractivity contribution in [3.05, 3.63) is 0 Å². The number of ether oxygens (including phenoxy) is 1. The summed E-state index contributed by atoms with van der Waals surface area (Å²) in [6, 6.07) is 0. The van der Waals surface area contributed by atoms with Gasteiger partial charge in [-0.15, -0.1) is 0 Å². The Morgan fingerprint density at radius 3 is 2.40 bits per heavy atom. The monoisotopic (exact) mass is 215 g/mol. The molecule has 0 amide bonds. The van der Waals surface area contributed by atoms with Crippen LogP contribution in [0.5, 0.6) is 0 Å². The van der Waals surface area contributed by atoms with E-state index in [4.69, 9.17) is 4.74 Å². The predicted molar refractivity (Wildman–Crippen MR) is 63.1 cm³/mol. The van der Waals surface area contributed by atoms with Crippen molar-refractivity contribution in [1.29, 1.82) is 0 Å². The van der Waals surface area contributed by atoms with Crippen LogP contribution in [0.3, 0.4) is 0 Å². The van der Waals surface area contributed by atoms with E-state index in [0.29, 0.717) is 18.8 Å². The molecule has 0 rings (SSSR count). The second-order valence-electron chi connectivity index (χ2n) is 3.93. The molecule has 0 heterocycles. The van der Waals surface area contributed by atoms with Crippen molar-refractivity contribution in [2.45, 2.75) is 33.6 Å². The highest BCUT2D eigenvalue weighted by atomic mass is 16.5. The van der Waals surface area contributed by atoms with E-state index in [1.165, 1.54) is 0 Å². The smallest absolute Gasteiger partial charge is 0.137 e. The molecule has 0 fully saturated rings. The number of hydrogen-bond donors (Lipinski definition) is 0. The van der Waals surface area contributed by atoms with E-state index in [-0.39, 0.29) is 5.92 Å². The molecule has 0 N–H and O–H groups in total. The van der Waals surface area contributed by atoms with E-state index in [1.54, 1.807) is 7.11 Å². The first-order chi connectivity index (χ1) is 7.15. The highest BCUT2D eigenvalue weighted by molar-refractivity contribution is 5.80. The van der Waals surface area contributed by atoms with E-state index in [2.05, 4.69) is 18.7 Å².